The van der Waals surface area contributed by atoms with E-state index in [9.17, 15) is 9.59 Å². The third-order valence-corrected chi connectivity index (χ3v) is 4.79. The Hall–Kier alpha value is -2.99. The number of hydrogen-bond donors (Lipinski definition) is 1. The standard InChI is InChI=1S/C21H20ClNO5/c1-12-15-8-9-17(26-2)20(27-3)19(15)28-21(25)16(12)10-18(24)23-11-13-4-6-14(22)7-5-13/h4-9H,10-11H2,1-3H3,(H,23,24). The molecule has 0 radical (unpaired) electrons. The Kier molecular flexibility index (Phi) is 5.90. The summed E-state index contributed by atoms with van der Waals surface area (Å²) >= 11 is 5.86. The van der Waals surface area contributed by atoms with Crippen LogP contribution in [0.2, 0.25) is 5.02 Å². The Bertz CT molecular complexity index is 1070. The molecular formula is C21H20ClNO5. The van der Waals surface area contributed by atoms with E-state index in [0.717, 1.165) is 5.56 Å². The SMILES string of the molecule is COc1ccc2c(C)c(CC(=O)NCc3ccc(Cl)cc3)c(=O)oc2c1OC. The van der Waals surface area contributed by atoms with Crippen LogP contribution < -0.4 is 20.4 Å². The smallest absolute Gasteiger partial charge is 0.340 e. The summed E-state index contributed by atoms with van der Waals surface area (Å²) in [5.74, 6) is 0.537. The third kappa shape index (κ3) is 3.97. The van der Waals surface area contributed by atoms with Gasteiger partial charge in [0.1, 0.15) is 0 Å². The van der Waals surface area contributed by atoms with Crippen LogP contribution in [0, 0.1) is 6.92 Å². The third-order valence-electron chi connectivity index (χ3n) is 4.54. The first-order valence-electron chi connectivity index (χ1n) is 8.63. The molecule has 0 aliphatic rings. The molecule has 3 aromatic rings. The Morgan fingerprint density at radius 1 is 1.11 bits per heavy atom. The first kappa shape index (κ1) is 19.8. The van der Waals surface area contributed by atoms with Gasteiger partial charge in [-0.2, -0.15) is 0 Å². The number of amides is 1. The van der Waals surface area contributed by atoms with Crippen molar-refractivity contribution in [3.63, 3.8) is 0 Å². The van der Waals surface area contributed by atoms with Gasteiger partial charge < -0.3 is 19.2 Å². The quantitative estimate of drug-likeness (QED) is 0.638. The average Bonchev–Trinajstić information content (AvgIpc) is 2.69. The molecule has 1 amide bonds. The number of benzene rings is 2. The Balaban J connectivity index is 1.85. The molecule has 28 heavy (non-hydrogen) atoms. The summed E-state index contributed by atoms with van der Waals surface area (Å²) in [7, 11) is 2.98. The van der Waals surface area contributed by atoms with Gasteiger partial charge in [-0.15, -0.1) is 0 Å². The normalized spacial score (nSPS) is 10.7. The van der Waals surface area contributed by atoms with Crippen LogP contribution in [0.4, 0.5) is 0 Å². The summed E-state index contributed by atoms with van der Waals surface area (Å²) in [5.41, 5.74) is 1.63. The summed E-state index contributed by atoms with van der Waals surface area (Å²) in [6, 6.07) is 10.7. The largest absolute Gasteiger partial charge is 0.493 e. The topological polar surface area (TPSA) is 77.8 Å². The number of aryl methyl sites for hydroxylation is 1. The lowest BCUT2D eigenvalue weighted by atomic mass is 10.0. The number of hydrogen-bond acceptors (Lipinski definition) is 5. The first-order valence-corrected chi connectivity index (χ1v) is 9.00. The molecule has 0 saturated heterocycles. The van der Waals surface area contributed by atoms with Crippen LogP contribution in [-0.4, -0.2) is 20.1 Å². The van der Waals surface area contributed by atoms with Gasteiger partial charge in [-0.25, -0.2) is 4.79 Å². The van der Waals surface area contributed by atoms with Gasteiger partial charge in [0, 0.05) is 17.0 Å². The molecule has 1 aromatic heterocycles. The molecule has 0 spiro atoms. The molecule has 2 aromatic carbocycles. The van der Waals surface area contributed by atoms with E-state index in [0.29, 0.717) is 45.2 Å². The van der Waals surface area contributed by atoms with E-state index in [1.807, 2.05) is 12.1 Å². The monoisotopic (exact) mass is 401 g/mol. The number of methoxy groups -OCH3 is 2. The average molecular weight is 402 g/mol. The summed E-state index contributed by atoms with van der Waals surface area (Å²) in [4.78, 5) is 24.9. The lowest BCUT2D eigenvalue weighted by molar-refractivity contribution is -0.120. The number of fused-ring (bicyclic) bond motifs is 1. The van der Waals surface area contributed by atoms with Crippen LogP contribution in [-0.2, 0) is 17.8 Å². The molecule has 0 fully saturated rings. The number of ether oxygens (including phenoxy) is 2. The number of nitrogens with one attached hydrogen (secondary N) is 1. The molecule has 0 atom stereocenters. The number of carbonyl (C=O) groups excluding carboxylic acids is 1. The Morgan fingerprint density at radius 2 is 1.82 bits per heavy atom. The van der Waals surface area contributed by atoms with Crippen LogP contribution in [0.3, 0.4) is 0 Å². The van der Waals surface area contributed by atoms with Gasteiger partial charge in [-0.3, -0.25) is 4.79 Å². The highest BCUT2D eigenvalue weighted by Crippen LogP contribution is 2.36. The minimum Gasteiger partial charge on any atom is -0.493 e. The van der Waals surface area contributed by atoms with E-state index in [1.54, 1.807) is 31.2 Å². The van der Waals surface area contributed by atoms with Crippen LogP contribution in [0.25, 0.3) is 11.0 Å². The fourth-order valence-electron chi connectivity index (χ4n) is 3.00. The van der Waals surface area contributed by atoms with E-state index in [1.165, 1.54) is 14.2 Å². The molecule has 0 aliphatic carbocycles. The lowest BCUT2D eigenvalue weighted by Crippen LogP contribution is -2.27. The second kappa shape index (κ2) is 8.35. The van der Waals surface area contributed by atoms with Crippen molar-refractivity contribution >= 4 is 28.5 Å². The maximum Gasteiger partial charge on any atom is 0.340 e. The predicted octanol–water partition coefficient (Wildman–Crippen LogP) is 3.63. The lowest BCUT2D eigenvalue weighted by Gasteiger charge is -2.13. The maximum absolute atomic E-state index is 12.5. The zero-order valence-corrected chi connectivity index (χ0v) is 16.6. The molecule has 0 bridgehead atoms. The fourth-order valence-corrected chi connectivity index (χ4v) is 3.12. The van der Waals surface area contributed by atoms with E-state index < -0.39 is 5.63 Å². The van der Waals surface area contributed by atoms with Gasteiger partial charge in [-0.1, -0.05) is 23.7 Å². The molecule has 146 valence electrons. The van der Waals surface area contributed by atoms with Crippen molar-refractivity contribution in [1.82, 2.24) is 5.32 Å². The molecule has 7 heteroatoms. The van der Waals surface area contributed by atoms with Crippen LogP contribution in [0.1, 0.15) is 16.7 Å². The zero-order chi connectivity index (χ0) is 20.3. The summed E-state index contributed by atoms with van der Waals surface area (Å²) in [6.07, 6.45) is -0.0773. The van der Waals surface area contributed by atoms with Gasteiger partial charge in [0.2, 0.25) is 11.7 Å². The number of rotatable bonds is 6. The van der Waals surface area contributed by atoms with Crippen LogP contribution >= 0.6 is 11.6 Å². The minimum atomic E-state index is -0.571. The van der Waals surface area contributed by atoms with Crippen molar-refractivity contribution < 1.29 is 18.7 Å². The molecule has 6 nitrogen and oxygen atoms in total. The molecule has 0 saturated carbocycles. The van der Waals surface area contributed by atoms with Gasteiger partial charge in [-0.05, 0) is 42.3 Å². The highest BCUT2D eigenvalue weighted by molar-refractivity contribution is 6.30. The summed E-state index contributed by atoms with van der Waals surface area (Å²) < 4.78 is 16.0. The second-order valence-corrected chi connectivity index (χ2v) is 6.69. The molecule has 1 N–H and O–H groups in total. The van der Waals surface area contributed by atoms with Crippen LogP contribution in [0.15, 0.2) is 45.6 Å². The van der Waals surface area contributed by atoms with Crippen molar-refractivity contribution in [3.05, 3.63) is 68.5 Å². The van der Waals surface area contributed by atoms with Gasteiger partial charge in [0.15, 0.2) is 11.3 Å². The summed E-state index contributed by atoms with van der Waals surface area (Å²) in [6.45, 7) is 2.13. The zero-order valence-electron chi connectivity index (χ0n) is 15.8. The van der Waals surface area contributed by atoms with E-state index in [2.05, 4.69) is 5.32 Å². The van der Waals surface area contributed by atoms with Gasteiger partial charge in [0.05, 0.1) is 26.2 Å². The van der Waals surface area contributed by atoms with Crippen molar-refractivity contribution in [2.75, 3.05) is 14.2 Å². The molecule has 3 rings (SSSR count). The maximum atomic E-state index is 12.5. The highest BCUT2D eigenvalue weighted by atomic mass is 35.5. The van der Waals surface area contributed by atoms with Crippen molar-refractivity contribution in [3.8, 4) is 11.5 Å². The van der Waals surface area contributed by atoms with Gasteiger partial charge in [0.25, 0.3) is 0 Å². The van der Waals surface area contributed by atoms with E-state index >= 15 is 0 Å². The first-order chi connectivity index (χ1) is 13.4. The fraction of sp³-hybridized carbons (Fsp3) is 0.238. The second-order valence-electron chi connectivity index (χ2n) is 6.25. The predicted molar refractivity (Wildman–Crippen MR) is 107 cm³/mol. The van der Waals surface area contributed by atoms with E-state index in [4.69, 9.17) is 25.5 Å². The van der Waals surface area contributed by atoms with Crippen molar-refractivity contribution in [2.45, 2.75) is 19.9 Å². The molecule has 1 heterocycles. The molecule has 0 unspecified atom stereocenters. The Morgan fingerprint density at radius 3 is 2.46 bits per heavy atom. The number of carbonyl (C=O) groups is 1. The number of halogens is 1. The molecule has 0 aliphatic heterocycles. The summed E-state index contributed by atoms with van der Waals surface area (Å²) in [5, 5.41) is 4.13. The Labute approximate surface area is 167 Å². The molecular weight excluding hydrogens is 382 g/mol. The van der Waals surface area contributed by atoms with Crippen molar-refractivity contribution in [1.29, 1.82) is 0 Å². The van der Waals surface area contributed by atoms with Crippen molar-refractivity contribution in [2.24, 2.45) is 0 Å². The van der Waals surface area contributed by atoms with Gasteiger partial charge >= 0.3 is 5.63 Å². The van der Waals surface area contributed by atoms with Crippen LogP contribution in [0.5, 0.6) is 11.5 Å². The minimum absolute atomic E-state index is 0.0773. The van der Waals surface area contributed by atoms with E-state index in [-0.39, 0.29) is 12.3 Å². The highest BCUT2D eigenvalue weighted by Gasteiger charge is 2.19.